The molecule has 0 radical (unpaired) electrons. The van der Waals surface area contributed by atoms with Crippen LogP contribution in [0.4, 0.5) is 0 Å². The number of halogens is 1. The third-order valence-electron chi connectivity index (χ3n) is 2.55. The molecule has 0 spiro atoms. The van der Waals surface area contributed by atoms with Crippen molar-refractivity contribution in [1.82, 2.24) is 14.7 Å². The molecule has 0 atom stereocenters. The molecule has 2 aromatic rings. The molecule has 0 saturated carbocycles. The summed E-state index contributed by atoms with van der Waals surface area (Å²) >= 11 is 7.06. The highest BCUT2D eigenvalue weighted by Gasteiger charge is 2.15. The summed E-state index contributed by atoms with van der Waals surface area (Å²) in [5.74, 6) is 0. The lowest BCUT2D eigenvalue weighted by Crippen LogP contribution is -2.23. The van der Waals surface area contributed by atoms with Crippen LogP contribution in [0.5, 0.6) is 0 Å². The molecule has 0 bridgehead atoms. The van der Waals surface area contributed by atoms with Crippen LogP contribution in [0.3, 0.4) is 0 Å². The van der Waals surface area contributed by atoms with Gasteiger partial charge in [0, 0.05) is 11.4 Å². The van der Waals surface area contributed by atoms with Gasteiger partial charge in [0.1, 0.15) is 4.90 Å². The average Bonchev–Trinajstić information content (AvgIpc) is 2.84. The van der Waals surface area contributed by atoms with Gasteiger partial charge in [-0.3, -0.25) is 0 Å². The van der Waals surface area contributed by atoms with E-state index in [2.05, 4.69) is 14.7 Å². The highest BCUT2D eigenvalue weighted by atomic mass is 35.5. The summed E-state index contributed by atoms with van der Waals surface area (Å²) in [5, 5.41) is 1.97. The van der Waals surface area contributed by atoms with Gasteiger partial charge in [0.2, 0.25) is 15.3 Å². The van der Waals surface area contributed by atoms with Crippen molar-refractivity contribution in [2.24, 2.45) is 0 Å². The number of nitrogens with zero attached hydrogens (tertiary/aromatic N) is 2. The zero-order chi connectivity index (χ0) is 13.9. The molecule has 8 heteroatoms. The molecule has 0 amide bonds. The topological polar surface area (TPSA) is 72.0 Å². The summed E-state index contributed by atoms with van der Waals surface area (Å²) in [6.45, 7) is 2.30. The number of hydrogen-bond acceptors (Lipinski definition) is 5. The standard InChI is InChI=1S/C11H12ClN3O2S2/c1-2-8-3-4-18-10(8)7-15-19(16,17)9-5-13-11(12)14-6-9/h3-6,15H,2,7H2,1H3. The fourth-order valence-corrected chi connectivity index (χ4v) is 3.51. The minimum Gasteiger partial charge on any atom is -0.225 e. The molecule has 0 aliphatic carbocycles. The van der Waals surface area contributed by atoms with Crippen LogP contribution in [0.1, 0.15) is 17.4 Å². The molecule has 0 aliphatic rings. The number of aryl methyl sites for hydroxylation is 1. The van der Waals surface area contributed by atoms with E-state index in [1.165, 1.54) is 23.7 Å². The molecule has 5 nitrogen and oxygen atoms in total. The van der Waals surface area contributed by atoms with Gasteiger partial charge >= 0.3 is 0 Å². The number of hydrogen-bond donors (Lipinski definition) is 1. The van der Waals surface area contributed by atoms with Gasteiger partial charge in [-0.1, -0.05) is 6.92 Å². The van der Waals surface area contributed by atoms with Crippen molar-refractivity contribution in [3.8, 4) is 0 Å². The van der Waals surface area contributed by atoms with Gasteiger partial charge in [-0.25, -0.2) is 23.1 Å². The molecule has 0 unspecified atom stereocenters. The van der Waals surface area contributed by atoms with Crippen LogP contribution in [0, 0.1) is 0 Å². The van der Waals surface area contributed by atoms with Gasteiger partial charge in [0.15, 0.2) is 0 Å². The van der Waals surface area contributed by atoms with Crippen LogP contribution in [-0.4, -0.2) is 18.4 Å². The minimum absolute atomic E-state index is 0.00602. The maximum absolute atomic E-state index is 12.0. The van der Waals surface area contributed by atoms with E-state index >= 15 is 0 Å². The molecule has 0 aliphatic heterocycles. The first-order valence-corrected chi connectivity index (χ1v) is 8.29. The first kappa shape index (κ1) is 14.4. The van der Waals surface area contributed by atoms with Gasteiger partial charge in [0.05, 0.1) is 12.4 Å². The molecule has 2 rings (SSSR count). The second kappa shape index (κ2) is 5.96. The fraction of sp³-hybridized carbons (Fsp3) is 0.273. The third kappa shape index (κ3) is 3.50. The number of thiophene rings is 1. The van der Waals surface area contributed by atoms with Crippen molar-refractivity contribution in [2.45, 2.75) is 24.8 Å². The largest absolute Gasteiger partial charge is 0.243 e. The summed E-state index contributed by atoms with van der Waals surface area (Å²) in [6, 6.07) is 2.00. The van der Waals surface area contributed by atoms with Crippen molar-refractivity contribution in [1.29, 1.82) is 0 Å². The molecule has 2 aromatic heterocycles. The highest BCUT2D eigenvalue weighted by Crippen LogP contribution is 2.18. The Morgan fingerprint density at radius 2 is 2.05 bits per heavy atom. The summed E-state index contributed by atoms with van der Waals surface area (Å²) in [6.07, 6.45) is 3.25. The van der Waals surface area contributed by atoms with Crippen LogP contribution < -0.4 is 4.72 Å². The monoisotopic (exact) mass is 317 g/mol. The van der Waals surface area contributed by atoms with Crippen molar-refractivity contribution in [3.63, 3.8) is 0 Å². The Hall–Kier alpha value is -1.02. The molecule has 0 saturated heterocycles. The van der Waals surface area contributed by atoms with Gasteiger partial charge in [-0.05, 0) is 35.0 Å². The minimum atomic E-state index is -3.61. The molecule has 102 valence electrons. The number of rotatable bonds is 5. The lowest BCUT2D eigenvalue weighted by atomic mass is 10.2. The van der Waals surface area contributed by atoms with Crippen LogP contribution >= 0.6 is 22.9 Å². The molecule has 0 aromatic carbocycles. The van der Waals surface area contributed by atoms with Crippen molar-refractivity contribution >= 4 is 33.0 Å². The highest BCUT2D eigenvalue weighted by molar-refractivity contribution is 7.89. The lowest BCUT2D eigenvalue weighted by molar-refractivity contribution is 0.580. The molecular weight excluding hydrogens is 306 g/mol. The van der Waals surface area contributed by atoms with E-state index in [0.717, 1.165) is 16.9 Å². The van der Waals surface area contributed by atoms with Gasteiger partial charge < -0.3 is 0 Å². The summed E-state index contributed by atoms with van der Waals surface area (Å²) < 4.78 is 26.5. The Balaban J connectivity index is 2.12. The number of nitrogens with one attached hydrogen (secondary N) is 1. The second-order valence-electron chi connectivity index (χ2n) is 3.73. The predicted molar refractivity (Wildman–Crippen MR) is 74.8 cm³/mol. The predicted octanol–water partition coefficient (Wildman–Crippen LogP) is 2.23. The summed E-state index contributed by atoms with van der Waals surface area (Å²) in [5.41, 5.74) is 1.15. The number of aromatic nitrogens is 2. The van der Waals surface area contributed by atoms with Crippen molar-refractivity contribution < 1.29 is 8.42 Å². The first-order valence-electron chi connectivity index (χ1n) is 5.55. The van der Waals surface area contributed by atoms with Crippen molar-refractivity contribution in [2.75, 3.05) is 0 Å². The Morgan fingerprint density at radius 1 is 1.37 bits per heavy atom. The Labute approximate surface area is 120 Å². The van der Waals surface area contributed by atoms with E-state index in [1.54, 1.807) is 0 Å². The number of sulfonamides is 1. The third-order valence-corrected chi connectivity index (χ3v) is 5.06. The van der Waals surface area contributed by atoms with E-state index < -0.39 is 10.0 Å². The SMILES string of the molecule is CCc1ccsc1CNS(=O)(=O)c1cnc(Cl)nc1. The maximum Gasteiger partial charge on any atom is 0.243 e. The van der Waals surface area contributed by atoms with Gasteiger partial charge in [-0.2, -0.15) is 0 Å². The maximum atomic E-state index is 12.0. The quantitative estimate of drug-likeness (QED) is 0.858. The van der Waals surface area contributed by atoms with E-state index in [9.17, 15) is 8.42 Å². The van der Waals surface area contributed by atoms with E-state index in [4.69, 9.17) is 11.6 Å². The van der Waals surface area contributed by atoms with E-state index in [0.29, 0.717) is 0 Å². The Bertz CT molecular complexity index is 653. The molecule has 19 heavy (non-hydrogen) atoms. The molecule has 0 fully saturated rings. The van der Waals surface area contributed by atoms with E-state index in [-0.39, 0.29) is 16.7 Å². The fourth-order valence-electron chi connectivity index (χ4n) is 1.52. The normalized spacial score (nSPS) is 11.7. The Kier molecular flexibility index (Phi) is 4.51. The zero-order valence-corrected chi connectivity index (χ0v) is 12.5. The van der Waals surface area contributed by atoms with E-state index in [1.807, 2.05) is 18.4 Å². The van der Waals surface area contributed by atoms with Crippen molar-refractivity contribution in [3.05, 3.63) is 39.6 Å². The second-order valence-corrected chi connectivity index (χ2v) is 6.84. The van der Waals surface area contributed by atoms with Crippen LogP contribution in [0.15, 0.2) is 28.7 Å². The van der Waals surface area contributed by atoms with Crippen LogP contribution in [0.2, 0.25) is 5.28 Å². The summed E-state index contributed by atoms with van der Waals surface area (Å²) in [7, 11) is -3.61. The van der Waals surface area contributed by atoms with Crippen LogP contribution in [-0.2, 0) is 23.0 Å². The Morgan fingerprint density at radius 3 is 2.68 bits per heavy atom. The van der Waals surface area contributed by atoms with Crippen LogP contribution in [0.25, 0.3) is 0 Å². The van der Waals surface area contributed by atoms with Gasteiger partial charge in [-0.15, -0.1) is 11.3 Å². The molecule has 1 N–H and O–H groups in total. The lowest BCUT2D eigenvalue weighted by Gasteiger charge is -2.06. The molecule has 2 heterocycles. The summed E-state index contributed by atoms with van der Waals surface area (Å²) in [4.78, 5) is 8.34. The average molecular weight is 318 g/mol. The zero-order valence-electron chi connectivity index (χ0n) is 10.1. The molecular formula is C11H12ClN3O2S2. The first-order chi connectivity index (χ1) is 9.03. The van der Waals surface area contributed by atoms with Gasteiger partial charge in [0.25, 0.3) is 0 Å². The smallest absolute Gasteiger partial charge is 0.225 e.